The van der Waals surface area contributed by atoms with Crippen molar-refractivity contribution in [3.8, 4) is 0 Å². The SMILES string of the molecule is CC1=NN(C(=O)c2ccn(Cn3nc(C)c([N+](=O)[O-])c3C)n2)C(O)(C(F)(F)F)C1. The van der Waals surface area contributed by atoms with E-state index in [1.165, 1.54) is 36.3 Å². The molecule has 29 heavy (non-hydrogen) atoms. The Morgan fingerprint density at radius 1 is 1.34 bits per heavy atom. The van der Waals surface area contributed by atoms with Crippen LogP contribution in [0.25, 0.3) is 0 Å². The molecular formula is C15H16F3N7O4. The number of hydrazone groups is 1. The highest BCUT2D eigenvalue weighted by molar-refractivity contribution is 5.96. The molecule has 1 amide bonds. The smallest absolute Gasteiger partial charge is 0.362 e. The molecular weight excluding hydrogens is 399 g/mol. The first kappa shape index (κ1) is 20.4. The minimum atomic E-state index is -5.12. The standard InChI is InChI=1S/C15H16F3N7O4/c1-8-6-14(27,15(16,17)18)24(19-8)13(26)11-4-5-22(21-11)7-23-10(3)12(25(28)29)9(2)20-23/h4-5,27H,6-7H2,1-3H3. The third kappa shape index (κ3) is 3.35. The third-order valence-corrected chi connectivity index (χ3v) is 4.43. The van der Waals surface area contributed by atoms with E-state index >= 15 is 0 Å². The molecule has 0 spiro atoms. The molecule has 0 radical (unpaired) electrons. The summed E-state index contributed by atoms with van der Waals surface area (Å²) in [7, 11) is 0. The van der Waals surface area contributed by atoms with E-state index in [2.05, 4.69) is 15.3 Å². The quantitative estimate of drug-likeness (QED) is 0.596. The first-order valence-electron chi connectivity index (χ1n) is 8.24. The fourth-order valence-corrected chi connectivity index (χ4v) is 3.04. The van der Waals surface area contributed by atoms with Crippen molar-refractivity contribution in [2.45, 2.75) is 45.8 Å². The average Bonchev–Trinajstić information content (AvgIpc) is 3.24. The molecule has 156 valence electrons. The van der Waals surface area contributed by atoms with Crippen molar-refractivity contribution in [2.24, 2.45) is 5.10 Å². The van der Waals surface area contributed by atoms with Gasteiger partial charge in [-0.2, -0.15) is 33.5 Å². The summed E-state index contributed by atoms with van der Waals surface area (Å²) in [6, 6.07) is 1.16. The van der Waals surface area contributed by atoms with E-state index in [0.29, 0.717) is 0 Å². The zero-order chi connectivity index (χ0) is 21.7. The summed E-state index contributed by atoms with van der Waals surface area (Å²) in [6.07, 6.45) is -4.68. The molecule has 14 heteroatoms. The Bertz CT molecular complexity index is 1030. The van der Waals surface area contributed by atoms with Gasteiger partial charge in [0.15, 0.2) is 5.69 Å². The summed E-state index contributed by atoms with van der Waals surface area (Å²) in [4.78, 5) is 23.0. The number of nitro groups is 1. The minimum absolute atomic E-state index is 0.0246. The van der Waals surface area contributed by atoms with E-state index in [9.17, 15) is 33.2 Å². The number of hydrogen-bond acceptors (Lipinski definition) is 7. The van der Waals surface area contributed by atoms with Crippen LogP contribution in [-0.2, 0) is 6.67 Å². The zero-order valence-corrected chi connectivity index (χ0v) is 15.5. The summed E-state index contributed by atoms with van der Waals surface area (Å²) < 4.78 is 42.3. The minimum Gasteiger partial charge on any atom is -0.362 e. The van der Waals surface area contributed by atoms with E-state index in [-0.39, 0.29) is 40.2 Å². The van der Waals surface area contributed by atoms with Gasteiger partial charge in [-0.25, -0.2) is 4.68 Å². The van der Waals surface area contributed by atoms with Gasteiger partial charge in [-0.05, 0) is 26.8 Å². The molecule has 3 heterocycles. The first-order valence-corrected chi connectivity index (χ1v) is 8.24. The number of rotatable bonds is 4. The van der Waals surface area contributed by atoms with Crippen molar-refractivity contribution in [3.63, 3.8) is 0 Å². The molecule has 1 N–H and O–H groups in total. The van der Waals surface area contributed by atoms with E-state index < -0.39 is 29.2 Å². The summed E-state index contributed by atoms with van der Waals surface area (Å²) >= 11 is 0. The number of halogens is 3. The van der Waals surface area contributed by atoms with Crippen molar-refractivity contribution >= 4 is 17.3 Å². The lowest BCUT2D eigenvalue weighted by Gasteiger charge is -2.32. The van der Waals surface area contributed by atoms with Crippen LogP contribution in [0.15, 0.2) is 17.4 Å². The molecule has 11 nitrogen and oxygen atoms in total. The Balaban J connectivity index is 1.86. The second-order valence-electron chi connectivity index (χ2n) is 6.60. The lowest BCUT2D eigenvalue weighted by atomic mass is 10.1. The average molecular weight is 415 g/mol. The van der Waals surface area contributed by atoms with Gasteiger partial charge in [0.05, 0.1) is 4.92 Å². The molecule has 0 fully saturated rings. The fraction of sp³-hybridized carbons (Fsp3) is 0.467. The molecule has 0 saturated heterocycles. The molecule has 1 atom stereocenters. The Hall–Kier alpha value is -3.29. The lowest BCUT2D eigenvalue weighted by molar-refractivity contribution is -0.386. The molecule has 0 aromatic carbocycles. The van der Waals surface area contributed by atoms with Gasteiger partial charge in [-0.3, -0.25) is 19.6 Å². The van der Waals surface area contributed by atoms with Crippen LogP contribution in [0.1, 0.15) is 35.2 Å². The zero-order valence-electron chi connectivity index (χ0n) is 15.5. The van der Waals surface area contributed by atoms with Gasteiger partial charge < -0.3 is 5.11 Å². The van der Waals surface area contributed by atoms with Crippen molar-refractivity contribution < 1.29 is 28.0 Å². The number of hydrogen-bond donors (Lipinski definition) is 1. The Morgan fingerprint density at radius 3 is 2.55 bits per heavy atom. The van der Waals surface area contributed by atoms with Gasteiger partial charge in [0.25, 0.3) is 11.6 Å². The van der Waals surface area contributed by atoms with Crippen molar-refractivity contribution in [1.82, 2.24) is 24.6 Å². The van der Waals surface area contributed by atoms with Crippen LogP contribution < -0.4 is 0 Å². The topological polar surface area (TPSA) is 132 Å². The Labute approximate surface area is 161 Å². The van der Waals surface area contributed by atoms with Gasteiger partial charge in [-0.1, -0.05) is 0 Å². The largest absolute Gasteiger partial charge is 0.438 e. The van der Waals surface area contributed by atoms with E-state index in [1.807, 2.05) is 0 Å². The van der Waals surface area contributed by atoms with E-state index in [1.54, 1.807) is 0 Å². The molecule has 3 rings (SSSR count). The first-order chi connectivity index (χ1) is 13.3. The Morgan fingerprint density at radius 2 is 2.00 bits per heavy atom. The van der Waals surface area contributed by atoms with Gasteiger partial charge in [0.1, 0.15) is 18.1 Å². The van der Waals surface area contributed by atoms with Crippen LogP contribution in [-0.4, -0.2) is 58.1 Å². The Kier molecular flexibility index (Phi) is 4.69. The normalized spacial score (nSPS) is 19.6. The van der Waals surface area contributed by atoms with Crippen molar-refractivity contribution in [1.29, 1.82) is 0 Å². The maximum Gasteiger partial charge on any atom is 0.438 e. The molecule has 1 unspecified atom stereocenters. The van der Waals surface area contributed by atoms with Gasteiger partial charge in [-0.15, -0.1) is 0 Å². The van der Waals surface area contributed by atoms with Crippen LogP contribution in [0, 0.1) is 24.0 Å². The number of amides is 1. The molecule has 2 aromatic rings. The number of alkyl halides is 3. The van der Waals surface area contributed by atoms with Crippen LogP contribution in [0.2, 0.25) is 0 Å². The fourth-order valence-electron chi connectivity index (χ4n) is 3.04. The predicted octanol–water partition coefficient (Wildman–Crippen LogP) is 1.58. The number of nitrogens with zero attached hydrogens (tertiary/aromatic N) is 7. The maximum atomic E-state index is 13.3. The third-order valence-electron chi connectivity index (χ3n) is 4.43. The number of aliphatic hydroxyl groups is 1. The van der Waals surface area contributed by atoms with Crippen LogP contribution >= 0.6 is 0 Å². The molecule has 0 saturated carbocycles. The molecule has 1 aliphatic rings. The van der Waals surface area contributed by atoms with E-state index in [4.69, 9.17) is 0 Å². The number of carbonyl (C=O) groups is 1. The van der Waals surface area contributed by atoms with Crippen LogP contribution in [0.4, 0.5) is 18.9 Å². The van der Waals surface area contributed by atoms with Crippen LogP contribution in [0.5, 0.6) is 0 Å². The number of aromatic nitrogens is 4. The number of carbonyl (C=O) groups excluding carboxylic acids is 1. The summed E-state index contributed by atoms with van der Waals surface area (Å²) in [6.45, 7) is 4.10. The highest BCUT2D eigenvalue weighted by Crippen LogP contribution is 2.40. The molecule has 1 aliphatic heterocycles. The van der Waals surface area contributed by atoms with Crippen LogP contribution in [0.3, 0.4) is 0 Å². The summed E-state index contributed by atoms with van der Waals surface area (Å²) in [5, 5.41) is 32.5. The summed E-state index contributed by atoms with van der Waals surface area (Å²) in [5.74, 6) is -1.24. The van der Waals surface area contributed by atoms with Gasteiger partial charge in [0.2, 0.25) is 0 Å². The molecule has 0 bridgehead atoms. The monoisotopic (exact) mass is 415 g/mol. The highest BCUT2D eigenvalue weighted by atomic mass is 19.4. The summed E-state index contributed by atoms with van der Waals surface area (Å²) in [5.41, 5.74) is -3.62. The van der Waals surface area contributed by atoms with E-state index in [0.717, 1.165) is 6.07 Å². The second kappa shape index (κ2) is 6.65. The second-order valence-corrected chi connectivity index (χ2v) is 6.60. The molecule has 2 aromatic heterocycles. The lowest BCUT2D eigenvalue weighted by Crippen LogP contribution is -2.56. The van der Waals surface area contributed by atoms with Crippen molar-refractivity contribution in [2.75, 3.05) is 0 Å². The maximum absolute atomic E-state index is 13.3. The van der Waals surface area contributed by atoms with Crippen molar-refractivity contribution in [3.05, 3.63) is 39.5 Å². The number of aryl methyl sites for hydroxylation is 1. The molecule has 0 aliphatic carbocycles. The predicted molar refractivity (Wildman–Crippen MR) is 90.9 cm³/mol. The van der Waals surface area contributed by atoms with Gasteiger partial charge >= 0.3 is 11.9 Å². The highest BCUT2D eigenvalue weighted by Gasteiger charge is 2.63. The van der Waals surface area contributed by atoms with Gasteiger partial charge in [0, 0.05) is 18.3 Å².